The fourth-order valence-corrected chi connectivity index (χ4v) is 2.21. The lowest BCUT2D eigenvalue weighted by Gasteiger charge is -2.18. The average Bonchev–Trinajstić information content (AvgIpc) is 2.66. The van der Waals surface area contributed by atoms with Crippen LogP contribution in [0.2, 0.25) is 0 Å². The molecule has 0 aromatic heterocycles. The standard InChI is InChI=1S/C17H15F2N3O5/c1-20-17(24)16(10-6-7-11(18)12(19)8-10)21-15(23)9-27-14-5-3-2-4-13(14)22(25)26/h2-8,16H,9H2,1H3,(H,20,24)(H,21,23). The summed E-state index contributed by atoms with van der Waals surface area (Å²) in [6.07, 6.45) is 0. The minimum Gasteiger partial charge on any atom is -0.477 e. The molecule has 8 nitrogen and oxygen atoms in total. The molecular formula is C17H15F2N3O5. The number of nitro groups is 1. The summed E-state index contributed by atoms with van der Waals surface area (Å²) in [6, 6.07) is 6.94. The summed E-state index contributed by atoms with van der Waals surface area (Å²) < 4.78 is 31.6. The van der Waals surface area contributed by atoms with Crippen LogP contribution in [0.15, 0.2) is 42.5 Å². The minimum absolute atomic E-state index is 0.0206. The predicted molar refractivity (Wildman–Crippen MR) is 89.9 cm³/mol. The Morgan fingerprint density at radius 2 is 1.89 bits per heavy atom. The molecule has 27 heavy (non-hydrogen) atoms. The summed E-state index contributed by atoms with van der Waals surface area (Å²) >= 11 is 0. The van der Waals surface area contributed by atoms with Crippen molar-refractivity contribution in [3.8, 4) is 5.75 Å². The molecule has 0 heterocycles. The van der Waals surface area contributed by atoms with Crippen LogP contribution in [0.3, 0.4) is 0 Å². The average molecular weight is 379 g/mol. The zero-order chi connectivity index (χ0) is 20.0. The molecule has 0 saturated carbocycles. The molecule has 0 aliphatic heterocycles. The first-order valence-corrected chi connectivity index (χ1v) is 7.65. The van der Waals surface area contributed by atoms with Crippen LogP contribution in [-0.4, -0.2) is 30.4 Å². The summed E-state index contributed by atoms with van der Waals surface area (Å²) in [7, 11) is 1.31. The van der Waals surface area contributed by atoms with Crippen LogP contribution < -0.4 is 15.4 Å². The largest absolute Gasteiger partial charge is 0.477 e. The predicted octanol–water partition coefficient (Wildman–Crippen LogP) is 1.86. The second kappa shape index (κ2) is 8.70. The molecule has 1 atom stereocenters. The van der Waals surface area contributed by atoms with Crippen LogP contribution in [0.1, 0.15) is 11.6 Å². The van der Waals surface area contributed by atoms with Crippen molar-refractivity contribution in [1.82, 2.24) is 10.6 Å². The normalized spacial score (nSPS) is 11.4. The third-order valence-corrected chi connectivity index (χ3v) is 3.51. The maximum Gasteiger partial charge on any atom is 0.310 e. The highest BCUT2D eigenvalue weighted by atomic mass is 19.2. The number of para-hydroxylation sites is 2. The first-order valence-electron chi connectivity index (χ1n) is 7.65. The third kappa shape index (κ3) is 4.97. The summed E-state index contributed by atoms with van der Waals surface area (Å²) in [5, 5.41) is 15.5. The van der Waals surface area contributed by atoms with Gasteiger partial charge in [0.15, 0.2) is 24.0 Å². The van der Waals surface area contributed by atoms with E-state index in [0.717, 1.165) is 18.2 Å². The van der Waals surface area contributed by atoms with E-state index in [1.165, 1.54) is 31.3 Å². The van der Waals surface area contributed by atoms with Gasteiger partial charge in [0, 0.05) is 13.1 Å². The lowest BCUT2D eigenvalue weighted by Crippen LogP contribution is -2.41. The van der Waals surface area contributed by atoms with Crippen molar-refractivity contribution in [2.45, 2.75) is 6.04 Å². The Kier molecular flexibility index (Phi) is 6.36. The number of nitrogens with zero attached hydrogens (tertiary/aromatic N) is 1. The van der Waals surface area contributed by atoms with Gasteiger partial charge in [-0.2, -0.15) is 0 Å². The Balaban J connectivity index is 2.11. The van der Waals surface area contributed by atoms with Crippen molar-refractivity contribution in [2.24, 2.45) is 0 Å². The molecule has 2 N–H and O–H groups in total. The molecule has 0 fully saturated rings. The van der Waals surface area contributed by atoms with Crippen LogP contribution >= 0.6 is 0 Å². The lowest BCUT2D eigenvalue weighted by molar-refractivity contribution is -0.385. The van der Waals surface area contributed by atoms with Gasteiger partial charge in [0.05, 0.1) is 4.92 Å². The Labute approximate surface area is 152 Å². The molecule has 2 amide bonds. The summed E-state index contributed by atoms with van der Waals surface area (Å²) in [5.41, 5.74) is -0.305. The highest BCUT2D eigenvalue weighted by Crippen LogP contribution is 2.25. The monoisotopic (exact) mass is 379 g/mol. The SMILES string of the molecule is CNC(=O)C(NC(=O)COc1ccccc1[N+](=O)[O-])c1ccc(F)c(F)c1. The van der Waals surface area contributed by atoms with E-state index in [9.17, 15) is 28.5 Å². The van der Waals surface area contributed by atoms with Gasteiger partial charge in [0.1, 0.15) is 6.04 Å². The molecule has 1 unspecified atom stereocenters. The molecule has 10 heteroatoms. The number of carbonyl (C=O) groups excluding carboxylic acids is 2. The first kappa shape index (κ1) is 19.8. The van der Waals surface area contributed by atoms with Crippen molar-refractivity contribution < 1.29 is 28.0 Å². The second-order valence-corrected chi connectivity index (χ2v) is 5.30. The number of benzene rings is 2. The summed E-state index contributed by atoms with van der Waals surface area (Å²) in [6.45, 7) is -0.623. The van der Waals surface area contributed by atoms with E-state index in [1.54, 1.807) is 0 Å². The molecule has 0 spiro atoms. The minimum atomic E-state index is -1.30. The van der Waals surface area contributed by atoms with E-state index in [-0.39, 0.29) is 17.0 Å². The van der Waals surface area contributed by atoms with Crippen LogP contribution in [0.4, 0.5) is 14.5 Å². The van der Waals surface area contributed by atoms with Crippen molar-refractivity contribution in [1.29, 1.82) is 0 Å². The van der Waals surface area contributed by atoms with Gasteiger partial charge < -0.3 is 15.4 Å². The highest BCUT2D eigenvalue weighted by Gasteiger charge is 2.24. The van der Waals surface area contributed by atoms with Crippen molar-refractivity contribution in [2.75, 3.05) is 13.7 Å². The Bertz CT molecular complexity index is 875. The molecule has 0 aliphatic rings. The van der Waals surface area contributed by atoms with E-state index in [0.29, 0.717) is 0 Å². The number of rotatable bonds is 7. The van der Waals surface area contributed by atoms with E-state index in [2.05, 4.69) is 10.6 Å². The van der Waals surface area contributed by atoms with Gasteiger partial charge in [-0.3, -0.25) is 19.7 Å². The molecule has 0 saturated heterocycles. The van der Waals surface area contributed by atoms with E-state index in [1.807, 2.05) is 0 Å². The molecule has 0 aliphatic carbocycles. The van der Waals surface area contributed by atoms with Gasteiger partial charge in [-0.05, 0) is 23.8 Å². The molecule has 0 radical (unpaired) electrons. The maximum atomic E-state index is 13.4. The van der Waals surface area contributed by atoms with Crippen molar-refractivity contribution in [3.63, 3.8) is 0 Å². The fraction of sp³-hybridized carbons (Fsp3) is 0.176. The molecule has 142 valence electrons. The van der Waals surface area contributed by atoms with E-state index < -0.39 is 41.0 Å². The number of carbonyl (C=O) groups is 2. The number of likely N-dealkylation sites (N-methyl/N-ethyl adjacent to an activating group) is 1. The summed E-state index contributed by atoms with van der Waals surface area (Å²) in [5.74, 6) is -3.85. The number of hydrogen-bond donors (Lipinski definition) is 2. The van der Waals surface area contributed by atoms with Gasteiger partial charge in [0.25, 0.3) is 5.91 Å². The second-order valence-electron chi connectivity index (χ2n) is 5.30. The van der Waals surface area contributed by atoms with Crippen LogP contribution in [0, 0.1) is 21.7 Å². The van der Waals surface area contributed by atoms with Crippen LogP contribution in [0.5, 0.6) is 5.75 Å². The van der Waals surface area contributed by atoms with Gasteiger partial charge in [-0.1, -0.05) is 18.2 Å². The van der Waals surface area contributed by atoms with Gasteiger partial charge >= 0.3 is 5.69 Å². The topological polar surface area (TPSA) is 111 Å². The number of nitro benzene ring substituents is 1. The maximum absolute atomic E-state index is 13.4. The van der Waals surface area contributed by atoms with Crippen molar-refractivity contribution >= 4 is 17.5 Å². The van der Waals surface area contributed by atoms with E-state index in [4.69, 9.17) is 4.74 Å². The van der Waals surface area contributed by atoms with Gasteiger partial charge in [-0.15, -0.1) is 0 Å². The van der Waals surface area contributed by atoms with Crippen LogP contribution in [0.25, 0.3) is 0 Å². The Morgan fingerprint density at radius 3 is 2.52 bits per heavy atom. The smallest absolute Gasteiger partial charge is 0.310 e. The third-order valence-electron chi connectivity index (χ3n) is 3.51. The zero-order valence-electron chi connectivity index (χ0n) is 14.1. The van der Waals surface area contributed by atoms with Crippen LogP contribution in [-0.2, 0) is 9.59 Å². The Morgan fingerprint density at radius 1 is 1.19 bits per heavy atom. The number of ether oxygens (including phenoxy) is 1. The molecule has 0 bridgehead atoms. The summed E-state index contributed by atoms with van der Waals surface area (Å²) in [4.78, 5) is 34.3. The Hall–Kier alpha value is -3.56. The van der Waals surface area contributed by atoms with Crippen molar-refractivity contribution in [3.05, 3.63) is 69.8 Å². The molecule has 2 aromatic carbocycles. The highest BCUT2D eigenvalue weighted by molar-refractivity contribution is 5.89. The van der Waals surface area contributed by atoms with Gasteiger partial charge in [0.2, 0.25) is 5.91 Å². The van der Waals surface area contributed by atoms with E-state index >= 15 is 0 Å². The fourth-order valence-electron chi connectivity index (χ4n) is 2.21. The molecule has 2 aromatic rings. The number of amides is 2. The zero-order valence-corrected chi connectivity index (χ0v) is 14.1. The molecule has 2 rings (SSSR count). The first-order chi connectivity index (χ1) is 12.8. The quantitative estimate of drug-likeness (QED) is 0.564. The molecular weight excluding hydrogens is 364 g/mol. The number of nitrogens with one attached hydrogen (secondary N) is 2. The number of halogens is 2. The lowest BCUT2D eigenvalue weighted by atomic mass is 10.1. The number of hydrogen-bond acceptors (Lipinski definition) is 5. The van der Waals surface area contributed by atoms with Gasteiger partial charge in [-0.25, -0.2) is 8.78 Å².